The van der Waals surface area contributed by atoms with E-state index in [0.717, 1.165) is 35.5 Å². The average molecular weight is 359 g/mol. The maximum Gasteiger partial charge on any atom is 0.325 e. The van der Waals surface area contributed by atoms with Crippen molar-refractivity contribution in [2.24, 2.45) is 0 Å². The minimum atomic E-state index is -0.790. The summed E-state index contributed by atoms with van der Waals surface area (Å²) < 4.78 is 0. The van der Waals surface area contributed by atoms with Crippen molar-refractivity contribution in [3.63, 3.8) is 0 Å². The van der Waals surface area contributed by atoms with Gasteiger partial charge in [0.15, 0.2) is 0 Å². The van der Waals surface area contributed by atoms with Crippen molar-refractivity contribution in [1.29, 1.82) is 0 Å². The summed E-state index contributed by atoms with van der Waals surface area (Å²) in [7, 11) is 3.81. The first-order chi connectivity index (χ1) is 12.4. The van der Waals surface area contributed by atoms with Crippen molar-refractivity contribution in [2.75, 3.05) is 25.5 Å². The number of rotatable bonds is 5. The molecular weight excluding hydrogens is 334 g/mol. The van der Waals surface area contributed by atoms with E-state index in [1.54, 1.807) is 6.20 Å². The highest BCUT2D eigenvalue weighted by molar-refractivity contribution is 6.09. The minimum Gasteiger partial charge on any atom is -0.363 e. The van der Waals surface area contributed by atoms with Gasteiger partial charge in [0.1, 0.15) is 17.9 Å². The summed E-state index contributed by atoms with van der Waals surface area (Å²) in [6, 6.07) is 3.28. The number of nitrogens with zero attached hydrogens (tertiary/aromatic N) is 3. The normalized spacial score (nSPS) is 18.8. The lowest BCUT2D eigenvalue weighted by molar-refractivity contribution is -0.135. The molecule has 2 N–H and O–H groups in total. The van der Waals surface area contributed by atoms with E-state index < -0.39 is 11.6 Å². The third-order valence-electron chi connectivity index (χ3n) is 5.01. The SMILES string of the molecule is CN(C)c1ccc(CNC(=O)CN2C(=O)NC3(CCCCC3)C2=O)cn1. The Bertz CT molecular complexity index is 695. The molecule has 26 heavy (non-hydrogen) atoms. The Labute approximate surface area is 152 Å². The van der Waals surface area contributed by atoms with Crippen LogP contribution < -0.4 is 15.5 Å². The van der Waals surface area contributed by atoms with Gasteiger partial charge in [0.2, 0.25) is 5.91 Å². The lowest BCUT2D eigenvalue weighted by Crippen LogP contribution is -2.49. The second-order valence-corrected chi connectivity index (χ2v) is 7.16. The summed E-state index contributed by atoms with van der Waals surface area (Å²) in [6.07, 6.45) is 5.91. The molecule has 0 aromatic carbocycles. The van der Waals surface area contributed by atoms with E-state index in [2.05, 4.69) is 15.6 Å². The van der Waals surface area contributed by atoms with Gasteiger partial charge in [0.25, 0.3) is 5.91 Å². The van der Waals surface area contributed by atoms with Crippen molar-refractivity contribution < 1.29 is 14.4 Å². The van der Waals surface area contributed by atoms with Crippen molar-refractivity contribution in [3.8, 4) is 0 Å². The Balaban J connectivity index is 1.54. The number of aromatic nitrogens is 1. The number of pyridine rings is 1. The molecule has 1 aliphatic heterocycles. The molecule has 0 unspecified atom stereocenters. The lowest BCUT2D eigenvalue weighted by atomic mass is 9.82. The zero-order chi connectivity index (χ0) is 18.7. The van der Waals surface area contributed by atoms with E-state index in [1.165, 1.54) is 0 Å². The van der Waals surface area contributed by atoms with E-state index in [9.17, 15) is 14.4 Å². The van der Waals surface area contributed by atoms with Gasteiger partial charge in [-0.15, -0.1) is 0 Å². The summed E-state index contributed by atoms with van der Waals surface area (Å²) in [5.74, 6) is 0.199. The van der Waals surface area contributed by atoms with Gasteiger partial charge in [-0.3, -0.25) is 14.5 Å². The molecule has 1 aromatic rings. The second-order valence-electron chi connectivity index (χ2n) is 7.16. The van der Waals surface area contributed by atoms with Crippen LogP contribution in [0, 0.1) is 0 Å². The van der Waals surface area contributed by atoms with Crippen molar-refractivity contribution in [2.45, 2.75) is 44.2 Å². The highest BCUT2D eigenvalue weighted by Crippen LogP contribution is 2.33. The molecule has 1 saturated carbocycles. The number of nitrogens with one attached hydrogen (secondary N) is 2. The second kappa shape index (κ2) is 7.31. The molecule has 2 heterocycles. The van der Waals surface area contributed by atoms with E-state index in [-0.39, 0.29) is 18.4 Å². The number of urea groups is 1. The van der Waals surface area contributed by atoms with Crippen LogP contribution in [0.25, 0.3) is 0 Å². The summed E-state index contributed by atoms with van der Waals surface area (Å²) in [4.78, 5) is 44.2. The fourth-order valence-corrected chi connectivity index (χ4v) is 3.50. The standard InChI is InChI=1S/C18H25N5O3/c1-22(2)14-7-6-13(10-19-14)11-20-15(24)12-23-16(25)18(21-17(23)26)8-4-3-5-9-18/h6-7,10H,3-5,8-9,11-12H2,1-2H3,(H,20,24)(H,21,26). The molecule has 8 nitrogen and oxygen atoms in total. The van der Waals surface area contributed by atoms with Gasteiger partial charge in [-0.25, -0.2) is 9.78 Å². The molecule has 140 valence electrons. The van der Waals surface area contributed by atoms with E-state index in [0.29, 0.717) is 19.4 Å². The molecule has 0 bridgehead atoms. The maximum atomic E-state index is 12.7. The number of hydrogen-bond donors (Lipinski definition) is 2. The first-order valence-corrected chi connectivity index (χ1v) is 8.94. The molecule has 1 spiro atoms. The summed E-state index contributed by atoms with van der Waals surface area (Å²) in [6.45, 7) is 0.0456. The topological polar surface area (TPSA) is 94.6 Å². The smallest absolute Gasteiger partial charge is 0.325 e. The summed E-state index contributed by atoms with van der Waals surface area (Å²) >= 11 is 0. The average Bonchev–Trinajstić information content (AvgIpc) is 2.85. The minimum absolute atomic E-state index is 0.254. The molecule has 2 fully saturated rings. The zero-order valence-corrected chi connectivity index (χ0v) is 15.2. The number of anilines is 1. The van der Waals surface area contributed by atoms with Gasteiger partial charge in [-0.1, -0.05) is 25.3 Å². The van der Waals surface area contributed by atoms with Gasteiger partial charge in [-0.05, 0) is 24.5 Å². The largest absolute Gasteiger partial charge is 0.363 e. The molecule has 4 amide bonds. The predicted octanol–water partition coefficient (Wildman–Crippen LogP) is 1.02. The van der Waals surface area contributed by atoms with Crippen LogP contribution in [0.3, 0.4) is 0 Å². The molecular formula is C18H25N5O3. The van der Waals surface area contributed by atoms with Gasteiger partial charge >= 0.3 is 6.03 Å². The van der Waals surface area contributed by atoms with Crippen LogP contribution in [0.1, 0.15) is 37.7 Å². The van der Waals surface area contributed by atoms with Crippen LogP contribution in [0.5, 0.6) is 0 Å². The molecule has 2 aliphatic rings. The Morgan fingerprint density at radius 3 is 2.62 bits per heavy atom. The van der Waals surface area contributed by atoms with Gasteiger partial charge in [-0.2, -0.15) is 0 Å². The molecule has 1 aliphatic carbocycles. The number of carbonyl (C=O) groups excluding carboxylic acids is 3. The van der Waals surface area contributed by atoms with Crippen LogP contribution in [0.4, 0.5) is 10.6 Å². The molecule has 1 aromatic heterocycles. The van der Waals surface area contributed by atoms with Gasteiger partial charge in [0.05, 0.1) is 0 Å². The molecule has 8 heteroatoms. The van der Waals surface area contributed by atoms with Crippen molar-refractivity contribution >= 4 is 23.7 Å². The highest BCUT2D eigenvalue weighted by atomic mass is 16.2. The van der Waals surface area contributed by atoms with Crippen LogP contribution in [-0.2, 0) is 16.1 Å². The van der Waals surface area contributed by atoms with Gasteiger partial charge in [0, 0.05) is 26.8 Å². The first kappa shape index (κ1) is 18.2. The van der Waals surface area contributed by atoms with Crippen LogP contribution in [0.2, 0.25) is 0 Å². The number of hydrogen-bond acceptors (Lipinski definition) is 5. The van der Waals surface area contributed by atoms with Gasteiger partial charge < -0.3 is 15.5 Å². The fraction of sp³-hybridized carbons (Fsp3) is 0.556. The lowest BCUT2D eigenvalue weighted by Gasteiger charge is -2.30. The number of amides is 4. The Kier molecular flexibility index (Phi) is 5.11. The highest BCUT2D eigenvalue weighted by Gasteiger charge is 2.51. The Hall–Kier alpha value is -2.64. The third kappa shape index (κ3) is 3.63. The summed E-state index contributed by atoms with van der Waals surface area (Å²) in [5.41, 5.74) is 0.0616. The van der Waals surface area contributed by atoms with E-state index in [4.69, 9.17) is 0 Å². The zero-order valence-electron chi connectivity index (χ0n) is 15.2. The monoisotopic (exact) mass is 359 g/mol. The number of carbonyl (C=O) groups is 3. The summed E-state index contributed by atoms with van der Waals surface area (Å²) in [5, 5.41) is 5.55. The molecule has 0 radical (unpaired) electrons. The molecule has 0 atom stereocenters. The molecule has 1 saturated heterocycles. The third-order valence-corrected chi connectivity index (χ3v) is 5.01. The van der Waals surface area contributed by atoms with E-state index >= 15 is 0 Å². The van der Waals surface area contributed by atoms with Crippen molar-refractivity contribution in [3.05, 3.63) is 23.9 Å². The van der Waals surface area contributed by atoms with E-state index in [1.807, 2.05) is 31.1 Å². The number of imide groups is 1. The predicted molar refractivity (Wildman–Crippen MR) is 96.5 cm³/mol. The van der Waals surface area contributed by atoms with Crippen LogP contribution in [-0.4, -0.2) is 53.9 Å². The van der Waals surface area contributed by atoms with Crippen LogP contribution in [0.15, 0.2) is 18.3 Å². The quantitative estimate of drug-likeness (QED) is 0.766. The fourth-order valence-electron chi connectivity index (χ4n) is 3.50. The Morgan fingerprint density at radius 2 is 2.00 bits per heavy atom. The van der Waals surface area contributed by atoms with Crippen LogP contribution >= 0.6 is 0 Å². The molecule has 3 rings (SSSR count). The van der Waals surface area contributed by atoms with Crippen molar-refractivity contribution in [1.82, 2.24) is 20.5 Å². The Morgan fingerprint density at radius 1 is 1.27 bits per heavy atom. The maximum absolute atomic E-state index is 12.7. The first-order valence-electron chi connectivity index (χ1n) is 8.94.